The Bertz CT molecular complexity index is 1120. The summed E-state index contributed by atoms with van der Waals surface area (Å²) in [7, 11) is -3.57. The number of H-pyrrole nitrogens is 2. The van der Waals surface area contributed by atoms with Gasteiger partial charge in [-0.05, 0) is 37.5 Å². The summed E-state index contributed by atoms with van der Waals surface area (Å²) in [5, 5.41) is 0.932. The summed E-state index contributed by atoms with van der Waals surface area (Å²) < 4.78 is 25.9. The van der Waals surface area contributed by atoms with E-state index in [0.29, 0.717) is 41.1 Å². The Morgan fingerprint density at radius 3 is 2.71 bits per heavy atom. The molecule has 1 aromatic carbocycles. The molecule has 24 heavy (non-hydrogen) atoms. The Labute approximate surface area is 142 Å². The van der Waals surface area contributed by atoms with Crippen molar-refractivity contribution in [1.29, 1.82) is 0 Å². The number of sulfone groups is 1. The topological polar surface area (TPSA) is 109 Å². The molecule has 0 saturated heterocycles. The van der Waals surface area contributed by atoms with Gasteiger partial charge in [-0.25, -0.2) is 8.42 Å². The van der Waals surface area contributed by atoms with Crippen LogP contribution in [-0.2, 0) is 9.84 Å². The van der Waals surface area contributed by atoms with E-state index in [2.05, 4.69) is 9.97 Å². The summed E-state index contributed by atoms with van der Waals surface area (Å²) in [6.07, 6.45) is 3.34. The highest BCUT2D eigenvalue weighted by molar-refractivity contribution is 7.92. The van der Waals surface area contributed by atoms with Gasteiger partial charge in [0.1, 0.15) is 5.52 Å². The first kappa shape index (κ1) is 15.7. The lowest BCUT2D eigenvalue weighted by Crippen LogP contribution is -2.22. The Balaban J connectivity index is 1.98. The number of hydrogen-bond acceptors (Lipinski definition) is 4. The summed E-state index contributed by atoms with van der Waals surface area (Å²) in [6.45, 7) is 0. The Morgan fingerprint density at radius 1 is 1.21 bits per heavy atom. The zero-order chi connectivity index (χ0) is 17.1. The molecule has 2 heterocycles. The largest absolute Gasteiger partial charge is 0.357 e. The van der Waals surface area contributed by atoms with E-state index in [-0.39, 0.29) is 21.5 Å². The molecule has 3 aromatic rings. The number of rotatable bonds is 2. The van der Waals surface area contributed by atoms with E-state index < -0.39 is 15.1 Å². The number of nitrogens with one attached hydrogen (secondary N) is 2. The maximum atomic E-state index is 13.0. The number of pyridine rings is 1. The molecule has 0 bridgehead atoms. The first-order valence-electron chi connectivity index (χ1n) is 7.70. The van der Waals surface area contributed by atoms with Crippen molar-refractivity contribution in [2.45, 2.75) is 35.4 Å². The average molecular weight is 366 g/mol. The molecule has 8 heteroatoms. The normalized spacial score (nSPS) is 21.8. The van der Waals surface area contributed by atoms with Gasteiger partial charge in [0, 0.05) is 23.0 Å². The number of nitrogens with two attached hydrogens (primary N) is 1. The van der Waals surface area contributed by atoms with Gasteiger partial charge in [0.2, 0.25) is 0 Å². The maximum Gasteiger partial charge on any atom is 0.272 e. The number of hydrogen-bond donors (Lipinski definition) is 3. The second-order valence-electron chi connectivity index (χ2n) is 6.29. The summed E-state index contributed by atoms with van der Waals surface area (Å²) in [4.78, 5) is 17.7. The molecule has 1 fully saturated rings. The van der Waals surface area contributed by atoms with Crippen molar-refractivity contribution >= 4 is 43.2 Å². The van der Waals surface area contributed by atoms with Gasteiger partial charge in [0.15, 0.2) is 9.84 Å². The molecule has 4 rings (SSSR count). The minimum Gasteiger partial charge on any atom is -0.357 e. The lowest BCUT2D eigenvalue weighted by Gasteiger charge is -2.14. The smallest absolute Gasteiger partial charge is 0.272 e. The van der Waals surface area contributed by atoms with Gasteiger partial charge >= 0.3 is 0 Å². The van der Waals surface area contributed by atoms with Gasteiger partial charge in [-0.3, -0.25) is 4.79 Å². The second kappa shape index (κ2) is 5.34. The maximum absolute atomic E-state index is 13.0. The van der Waals surface area contributed by atoms with E-state index in [1.54, 1.807) is 18.3 Å². The van der Waals surface area contributed by atoms with Crippen LogP contribution >= 0.6 is 11.6 Å². The third-order valence-corrected chi connectivity index (χ3v) is 7.44. The lowest BCUT2D eigenvalue weighted by atomic mass is 10.1. The minimum atomic E-state index is -3.57. The molecular formula is C16H16ClN3O3S. The molecule has 2 atom stereocenters. The predicted molar refractivity (Wildman–Crippen MR) is 94.2 cm³/mol. The highest BCUT2D eigenvalue weighted by atomic mass is 35.5. The van der Waals surface area contributed by atoms with Crippen molar-refractivity contribution in [3.05, 3.63) is 39.8 Å². The Morgan fingerprint density at radius 2 is 2.00 bits per heavy atom. The fourth-order valence-corrected chi connectivity index (χ4v) is 5.90. The van der Waals surface area contributed by atoms with E-state index in [9.17, 15) is 13.2 Å². The highest BCUT2D eigenvalue weighted by Crippen LogP contribution is 2.35. The third-order valence-electron chi connectivity index (χ3n) is 4.75. The zero-order valence-corrected chi connectivity index (χ0v) is 14.2. The van der Waals surface area contributed by atoms with Gasteiger partial charge in [-0.1, -0.05) is 11.6 Å². The summed E-state index contributed by atoms with van der Waals surface area (Å²) in [5.74, 6) is 0. The van der Waals surface area contributed by atoms with Crippen molar-refractivity contribution in [1.82, 2.24) is 9.97 Å². The van der Waals surface area contributed by atoms with Gasteiger partial charge in [0.25, 0.3) is 5.56 Å². The van der Waals surface area contributed by atoms with Crippen LogP contribution < -0.4 is 11.3 Å². The first-order valence-corrected chi connectivity index (χ1v) is 9.62. The van der Waals surface area contributed by atoms with Gasteiger partial charge in [0.05, 0.1) is 20.7 Å². The van der Waals surface area contributed by atoms with Crippen LogP contribution in [0.4, 0.5) is 0 Å². The van der Waals surface area contributed by atoms with Crippen LogP contribution in [-0.4, -0.2) is 29.7 Å². The molecule has 1 unspecified atom stereocenters. The van der Waals surface area contributed by atoms with Crippen LogP contribution in [0.25, 0.3) is 21.8 Å². The second-order valence-corrected chi connectivity index (χ2v) is 8.89. The molecule has 0 amide bonds. The number of halogens is 1. The van der Waals surface area contributed by atoms with E-state index in [0.717, 1.165) is 0 Å². The third kappa shape index (κ3) is 2.27. The minimum absolute atomic E-state index is 0.0863. The molecule has 6 nitrogen and oxygen atoms in total. The molecule has 2 aromatic heterocycles. The molecule has 0 aliphatic heterocycles. The number of benzene rings is 1. The van der Waals surface area contributed by atoms with E-state index in [4.69, 9.17) is 17.3 Å². The first-order chi connectivity index (χ1) is 11.4. The van der Waals surface area contributed by atoms with Gasteiger partial charge < -0.3 is 15.7 Å². The molecular weight excluding hydrogens is 350 g/mol. The van der Waals surface area contributed by atoms with Crippen LogP contribution in [0.15, 0.2) is 34.1 Å². The zero-order valence-electron chi connectivity index (χ0n) is 12.7. The van der Waals surface area contributed by atoms with Crippen molar-refractivity contribution in [3.8, 4) is 0 Å². The molecule has 0 spiro atoms. The van der Waals surface area contributed by atoms with Gasteiger partial charge in [-0.15, -0.1) is 0 Å². The molecule has 4 N–H and O–H groups in total. The fourth-order valence-electron chi connectivity index (χ4n) is 3.50. The van der Waals surface area contributed by atoms with Crippen LogP contribution in [0.3, 0.4) is 0 Å². The Hall–Kier alpha value is -1.83. The van der Waals surface area contributed by atoms with Crippen molar-refractivity contribution < 1.29 is 8.42 Å². The van der Waals surface area contributed by atoms with Crippen LogP contribution in [0.2, 0.25) is 5.02 Å². The van der Waals surface area contributed by atoms with Crippen molar-refractivity contribution in [2.75, 3.05) is 0 Å². The average Bonchev–Trinajstić information content (AvgIpc) is 3.16. The molecule has 126 valence electrons. The van der Waals surface area contributed by atoms with Crippen molar-refractivity contribution in [2.24, 2.45) is 5.73 Å². The monoisotopic (exact) mass is 365 g/mol. The SMILES string of the molecule is NC1CC[C@H](S(=O)(=O)c2cc3c(cc2Cl)[nH]c(=O)c2[nH]ccc23)C1. The predicted octanol–water partition coefficient (Wildman–Crippen LogP) is 2.32. The van der Waals surface area contributed by atoms with Crippen molar-refractivity contribution in [3.63, 3.8) is 0 Å². The standard InChI is InChI=1S/C16H16ClN3O3S/c17-12-7-13-11(10-3-4-19-15(10)16(21)20-13)6-14(12)24(22,23)9-2-1-8(18)5-9/h3-4,6-9,19H,1-2,5,18H2,(H,20,21)/t8?,9-/m0/s1. The summed E-state index contributed by atoms with van der Waals surface area (Å²) in [5.41, 5.74) is 6.52. The molecule has 1 saturated carbocycles. The molecule has 1 aliphatic carbocycles. The van der Waals surface area contributed by atoms with E-state index >= 15 is 0 Å². The van der Waals surface area contributed by atoms with E-state index in [1.807, 2.05) is 0 Å². The quantitative estimate of drug-likeness (QED) is 0.647. The van der Waals surface area contributed by atoms with E-state index in [1.165, 1.54) is 6.07 Å². The van der Waals surface area contributed by atoms with Crippen LogP contribution in [0, 0.1) is 0 Å². The van der Waals surface area contributed by atoms with Gasteiger partial charge in [-0.2, -0.15) is 0 Å². The molecule has 1 aliphatic rings. The molecule has 0 radical (unpaired) electrons. The highest BCUT2D eigenvalue weighted by Gasteiger charge is 2.35. The van der Waals surface area contributed by atoms with Crippen LogP contribution in [0.5, 0.6) is 0 Å². The number of aromatic nitrogens is 2. The Kier molecular flexibility index (Phi) is 3.49. The summed E-state index contributed by atoms with van der Waals surface area (Å²) in [6, 6.07) is 4.73. The fraction of sp³-hybridized carbons (Fsp3) is 0.312. The number of aromatic amines is 2. The lowest BCUT2D eigenvalue weighted by molar-refractivity contribution is 0.578. The number of fused-ring (bicyclic) bond motifs is 3. The summed E-state index contributed by atoms with van der Waals surface area (Å²) >= 11 is 6.24. The van der Waals surface area contributed by atoms with Crippen LogP contribution in [0.1, 0.15) is 19.3 Å².